The minimum atomic E-state index is -0.100. The molecular formula is C19H24N2O4. The Kier molecular flexibility index (Phi) is 5.26. The van der Waals surface area contributed by atoms with Gasteiger partial charge in [0, 0.05) is 19.0 Å². The monoisotopic (exact) mass is 344 g/mol. The van der Waals surface area contributed by atoms with Gasteiger partial charge in [-0.3, -0.25) is 4.79 Å². The number of carbonyl (C=O) groups excluding carboxylic acids is 1. The van der Waals surface area contributed by atoms with E-state index in [4.69, 9.17) is 14.0 Å². The fourth-order valence-corrected chi connectivity index (χ4v) is 3.37. The van der Waals surface area contributed by atoms with Crippen LogP contribution in [0.2, 0.25) is 0 Å². The van der Waals surface area contributed by atoms with Crippen molar-refractivity contribution in [3.63, 3.8) is 0 Å². The molecule has 1 aromatic heterocycles. The van der Waals surface area contributed by atoms with Crippen molar-refractivity contribution in [3.8, 4) is 11.5 Å². The molecule has 1 aliphatic heterocycles. The molecule has 1 aliphatic rings. The molecule has 0 N–H and O–H groups in total. The summed E-state index contributed by atoms with van der Waals surface area (Å²) in [5, 5.41) is 4.20. The third kappa shape index (κ3) is 3.34. The predicted molar refractivity (Wildman–Crippen MR) is 93.1 cm³/mol. The molecule has 2 aromatic rings. The zero-order valence-corrected chi connectivity index (χ0v) is 14.9. The molecule has 1 fully saturated rings. The SMILES string of the molecule is CCCc1cc([C@@H]2CCCN2C(=O)c2c(OC)cccc2OC)no1. The van der Waals surface area contributed by atoms with E-state index in [9.17, 15) is 4.79 Å². The number of carbonyl (C=O) groups is 1. The van der Waals surface area contributed by atoms with Crippen LogP contribution in [0.3, 0.4) is 0 Å². The topological polar surface area (TPSA) is 64.8 Å². The first-order valence-electron chi connectivity index (χ1n) is 8.67. The Morgan fingerprint density at radius 1 is 1.32 bits per heavy atom. The molecule has 2 heterocycles. The number of benzene rings is 1. The van der Waals surface area contributed by atoms with Crippen LogP contribution in [0.4, 0.5) is 0 Å². The fraction of sp³-hybridized carbons (Fsp3) is 0.474. The van der Waals surface area contributed by atoms with Gasteiger partial charge in [0.1, 0.15) is 28.5 Å². The highest BCUT2D eigenvalue weighted by Crippen LogP contribution is 2.37. The molecular weight excluding hydrogens is 320 g/mol. The Hall–Kier alpha value is -2.50. The van der Waals surface area contributed by atoms with Gasteiger partial charge in [-0.15, -0.1) is 0 Å². The molecule has 1 atom stereocenters. The number of nitrogens with zero attached hydrogens (tertiary/aromatic N) is 2. The molecule has 6 heteroatoms. The summed E-state index contributed by atoms with van der Waals surface area (Å²) in [7, 11) is 3.11. The first-order valence-corrected chi connectivity index (χ1v) is 8.67. The third-order valence-electron chi connectivity index (χ3n) is 4.57. The van der Waals surface area contributed by atoms with Gasteiger partial charge in [0.2, 0.25) is 0 Å². The summed E-state index contributed by atoms with van der Waals surface area (Å²) < 4.78 is 16.2. The van der Waals surface area contributed by atoms with Crippen molar-refractivity contribution in [1.82, 2.24) is 10.1 Å². The minimum Gasteiger partial charge on any atom is -0.496 e. The Balaban J connectivity index is 1.91. The molecule has 1 saturated heterocycles. The predicted octanol–water partition coefficient (Wildman–Crippen LogP) is 3.62. The van der Waals surface area contributed by atoms with E-state index >= 15 is 0 Å². The van der Waals surface area contributed by atoms with Gasteiger partial charge >= 0.3 is 0 Å². The molecule has 1 aromatic carbocycles. The van der Waals surface area contributed by atoms with Crippen LogP contribution in [0.5, 0.6) is 11.5 Å². The first-order chi connectivity index (χ1) is 12.2. The number of aryl methyl sites for hydroxylation is 1. The van der Waals surface area contributed by atoms with Crippen molar-refractivity contribution >= 4 is 5.91 Å². The van der Waals surface area contributed by atoms with Crippen LogP contribution in [0, 0.1) is 0 Å². The zero-order valence-electron chi connectivity index (χ0n) is 14.9. The van der Waals surface area contributed by atoms with Crippen LogP contribution in [0.25, 0.3) is 0 Å². The number of amides is 1. The number of likely N-dealkylation sites (tertiary alicyclic amines) is 1. The lowest BCUT2D eigenvalue weighted by Gasteiger charge is -2.24. The normalized spacial score (nSPS) is 16.9. The number of rotatable bonds is 6. The lowest BCUT2D eigenvalue weighted by atomic mass is 10.1. The lowest BCUT2D eigenvalue weighted by Crippen LogP contribution is -2.31. The van der Waals surface area contributed by atoms with Gasteiger partial charge in [-0.1, -0.05) is 18.1 Å². The second-order valence-electron chi connectivity index (χ2n) is 6.16. The number of hydrogen-bond donors (Lipinski definition) is 0. The highest BCUT2D eigenvalue weighted by Gasteiger charge is 2.35. The van der Waals surface area contributed by atoms with Crippen molar-refractivity contribution in [3.05, 3.63) is 41.3 Å². The molecule has 25 heavy (non-hydrogen) atoms. The maximum absolute atomic E-state index is 13.2. The molecule has 134 valence electrons. The lowest BCUT2D eigenvalue weighted by molar-refractivity contribution is 0.0724. The van der Waals surface area contributed by atoms with E-state index in [-0.39, 0.29) is 11.9 Å². The van der Waals surface area contributed by atoms with Crippen LogP contribution < -0.4 is 9.47 Å². The standard InChI is InChI=1S/C19H24N2O4/c1-4-7-13-12-14(20-25-13)15-8-6-11-21(15)19(22)18-16(23-2)9-5-10-17(18)24-3/h5,9-10,12,15H,4,6-8,11H2,1-3H3/t15-/m0/s1. The van der Waals surface area contributed by atoms with Gasteiger partial charge in [0.15, 0.2) is 0 Å². The van der Waals surface area contributed by atoms with Crippen molar-refractivity contribution < 1.29 is 18.8 Å². The molecule has 0 saturated carbocycles. The third-order valence-corrected chi connectivity index (χ3v) is 4.57. The van der Waals surface area contributed by atoms with E-state index in [1.807, 2.05) is 17.0 Å². The van der Waals surface area contributed by atoms with Crippen molar-refractivity contribution in [2.75, 3.05) is 20.8 Å². The number of methoxy groups -OCH3 is 2. The number of ether oxygens (including phenoxy) is 2. The second kappa shape index (κ2) is 7.59. The smallest absolute Gasteiger partial charge is 0.261 e. The van der Waals surface area contributed by atoms with Gasteiger partial charge in [-0.2, -0.15) is 0 Å². The Morgan fingerprint density at radius 2 is 2.04 bits per heavy atom. The fourth-order valence-electron chi connectivity index (χ4n) is 3.37. The summed E-state index contributed by atoms with van der Waals surface area (Å²) in [5.41, 5.74) is 1.28. The number of aromatic nitrogens is 1. The highest BCUT2D eigenvalue weighted by molar-refractivity contribution is 6.00. The highest BCUT2D eigenvalue weighted by atomic mass is 16.5. The maximum Gasteiger partial charge on any atom is 0.261 e. The van der Waals surface area contributed by atoms with Crippen LogP contribution in [-0.2, 0) is 6.42 Å². The Labute approximate surface area is 147 Å². The van der Waals surface area contributed by atoms with Crippen LogP contribution in [0.1, 0.15) is 54.0 Å². The molecule has 0 bridgehead atoms. The molecule has 0 aliphatic carbocycles. The van der Waals surface area contributed by atoms with Gasteiger partial charge in [-0.05, 0) is 31.4 Å². The maximum atomic E-state index is 13.2. The van der Waals surface area contributed by atoms with Crippen LogP contribution in [-0.4, -0.2) is 36.7 Å². The molecule has 1 amide bonds. The van der Waals surface area contributed by atoms with E-state index in [1.54, 1.807) is 26.4 Å². The molecule has 0 spiro atoms. The van der Waals surface area contributed by atoms with Crippen molar-refractivity contribution in [1.29, 1.82) is 0 Å². The van der Waals surface area contributed by atoms with Crippen LogP contribution >= 0.6 is 0 Å². The summed E-state index contributed by atoms with van der Waals surface area (Å²) in [6, 6.07) is 7.26. The van der Waals surface area contributed by atoms with E-state index in [2.05, 4.69) is 12.1 Å². The molecule has 0 radical (unpaired) electrons. The second-order valence-corrected chi connectivity index (χ2v) is 6.16. The van der Waals surface area contributed by atoms with E-state index in [1.165, 1.54) is 0 Å². The van der Waals surface area contributed by atoms with Crippen LogP contribution in [0.15, 0.2) is 28.8 Å². The summed E-state index contributed by atoms with van der Waals surface area (Å²) >= 11 is 0. The van der Waals surface area contributed by atoms with E-state index < -0.39 is 0 Å². The van der Waals surface area contributed by atoms with Gasteiger partial charge in [0.25, 0.3) is 5.91 Å². The van der Waals surface area contributed by atoms with Gasteiger partial charge in [-0.25, -0.2) is 0 Å². The van der Waals surface area contributed by atoms with Crippen molar-refractivity contribution in [2.24, 2.45) is 0 Å². The summed E-state index contributed by atoms with van der Waals surface area (Å²) in [4.78, 5) is 15.1. The molecule has 0 unspecified atom stereocenters. The average molecular weight is 344 g/mol. The number of hydrogen-bond acceptors (Lipinski definition) is 5. The largest absolute Gasteiger partial charge is 0.496 e. The molecule has 3 rings (SSSR count). The van der Waals surface area contributed by atoms with E-state index in [0.29, 0.717) is 23.6 Å². The molecule has 6 nitrogen and oxygen atoms in total. The minimum absolute atomic E-state index is 0.0727. The van der Waals surface area contributed by atoms with Crippen molar-refractivity contribution in [2.45, 2.75) is 38.6 Å². The Bertz CT molecular complexity index is 719. The first kappa shape index (κ1) is 17.3. The zero-order chi connectivity index (χ0) is 17.8. The van der Waals surface area contributed by atoms with Gasteiger partial charge < -0.3 is 18.9 Å². The van der Waals surface area contributed by atoms with E-state index in [0.717, 1.165) is 37.1 Å². The quantitative estimate of drug-likeness (QED) is 0.801. The summed E-state index contributed by atoms with van der Waals surface area (Å²) in [6.07, 6.45) is 3.67. The average Bonchev–Trinajstić information content (AvgIpc) is 3.29. The summed E-state index contributed by atoms with van der Waals surface area (Å²) in [5.74, 6) is 1.80. The Morgan fingerprint density at radius 3 is 2.68 bits per heavy atom. The summed E-state index contributed by atoms with van der Waals surface area (Å²) in [6.45, 7) is 2.78. The van der Waals surface area contributed by atoms with Gasteiger partial charge in [0.05, 0.1) is 20.3 Å².